The quantitative estimate of drug-likeness (QED) is 0.362. The van der Waals surface area contributed by atoms with Crippen LogP contribution in [0.5, 0.6) is 0 Å². The van der Waals surface area contributed by atoms with E-state index >= 15 is 0 Å². The fourth-order valence-corrected chi connectivity index (χ4v) is 6.21. The summed E-state index contributed by atoms with van der Waals surface area (Å²) in [5.41, 5.74) is 4.67. The molecule has 3 aromatic heterocycles. The van der Waals surface area contributed by atoms with Crippen molar-refractivity contribution in [1.82, 2.24) is 9.38 Å². The van der Waals surface area contributed by atoms with Gasteiger partial charge in [-0.25, -0.2) is 4.98 Å². The largest absolute Gasteiger partial charge is 0.296 e. The van der Waals surface area contributed by atoms with E-state index in [1.54, 1.807) is 0 Å². The minimum absolute atomic E-state index is 0.140. The van der Waals surface area contributed by atoms with E-state index in [9.17, 15) is 4.79 Å². The van der Waals surface area contributed by atoms with E-state index in [0.29, 0.717) is 17.6 Å². The van der Waals surface area contributed by atoms with Gasteiger partial charge >= 0.3 is 0 Å². The molecule has 4 aromatic rings. The Balaban J connectivity index is 1.27. The lowest BCUT2D eigenvalue weighted by Gasteiger charge is -2.28. The van der Waals surface area contributed by atoms with Crippen LogP contribution in [-0.2, 0) is 0 Å². The zero-order chi connectivity index (χ0) is 19.4. The predicted octanol–water partition coefficient (Wildman–Crippen LogP) is 6.58. The number of ketones is 1. The Labute approximate surface area is 174 Å². The molecule has 0 radical (unpaired) electrons. The Kier molecular flexibility index (Phi) is 4.08. The van der Waals surface area contributed by atoms with Crippen molar-refractivity contribution in [1.29, 1.82) is 0 Å². The minimum atomic E-state index is 0.140. The number of thiophene rings is 1. The highest BCUT2D eigenvalue weighted by molar-refractivity contribution is 7.17. The van der Waals surface area contributed by atoms with Crippen molar-refractivity contribution in [3.63, 3.8) is 0 Å². The molecule has 0 bridgehead atoms. The van der Waals surface area contributed by atoms with E-state index in [1.807, 2.05) is 28.3 Å². The molecule has 2 fully saturated rings. The number of carbonyl (C=O) groups is 1. The van der Waals surface area contributed by atoms with Gasteiger partial charge in [0.1, 0.15) is 0 Å². The Morgan fingerprint density at radius 2 is 1.69 bits per heavy atom. The summed E-state index contributed by atoms with van der Waals surface area (Å²) >= 11 is 1.85. The lowest BCUT2D eigenvalue weighted by molar-refractivity contribution is 0.0876. The Bertz CT molecular complexity index is 1210. The van der Waals surface area contributed by atoms with Crippen molar-refractivity contribution in [2.45, 2.75) is 50.4 Å². The third-order valence-electron chi connectivity index (χ3n) is 6.91. The van der Waals surface area contributed by atoms with E-state index in [4.69, 9.17) is 0 Å². The van der Waals surface area contributed by atoms with Gasteiger partial charge in [-0.1, -0.05) is 24.3 Å². The molecule has 1 aromatic carbocycles. The number of hydrogen-bond acceptors (Lipinski definition) is 3. The van der Waals surface area contributed by atoms with Crippen LogP contribution in [0.15, 0.2) is 54.3 Å². The average Bonchev–Trinajstić information content (AvgIpc) is 3.34. The molecule has 4 heteroatoms. The van der Waals surface area contributed by atoms with Crippen LogP contribution < -0.4 is 0 Å². The molecule has 0 amide bonds. The monoisotopic (exact) mass is 400 g/mol. The molecule has 0 spiro atoms. The van der Waals surface area contributed by atoms with Crippen molar-refractivity contribution in [3.8, 4) is 0 Å². The molecule has 0 unspecified atom stereocenters. The number of carbonyl (C=O) groups excluding carboxylic acids is 1. The highest BCUT2D eigenvalue weighted by atomic mass is 32.1. The van der Waals surface area contributed by atoms with Crippen LogP contribution in [-0.4, -0.2) is 15.2 Å². The van der Waals surface area contributed by atoms with Crippen molar-refractivity contribution in [3.05, 3.63) is 71.1 Å². The first-order valence-electron chi connectivity index (χ1n) is 10.7. The number of imidazole rings is 1. The standard InChI is InChI=1S/C25H24N2OS/c28-25(24-20(16-5-6-16)12-11-19-13-26-15-27(19)24)18-9-7-17(8-10-18)22-14-29-23-4-2-1-3-21(22)23/h1-4,11-18H,5-10H2. The average molecular weight is 401 g/mol. The third-order valence-corrected chi connectivity index (χ3v) is 7.90. The Morgan fingerprint density at radius 1 is 0.931 bits per heavy atom. The molecule has 29 heavy (non-hydrogen) atoms. The zero-order valence-electron chi connectivity index (χ0n) is 16.4. The fourth-order valence-electron chi connectivity index (χ4n) is 5.17. The Morgan fingerprint density at radius 3 is 2.52 bits per heavy atom. The zero-order valence-corrected chi connectivity index (χ0v) is 17.2. The number of benzene rings is 1. The highest BCUT2D eigenvalue weighted by Gasteiger charge is 2.34. The second kappa shape index (κ2) is 6.81. The number of fused-ring (bicyclic) bond motifs is 2. The molecule has 0 atom stereocenters. The number of aromatic nitrogens is 2. The van der Waals surface area contributed by atoms with E-state index in [-0.39, 0.29) is 5.92 Å². The second-order valence-electron chi connectivity index (χ2n) is 8.70. The number of pyridine rings is 1. The maximum Gasteiger partial charge on any atom is 0.182 e. The number of Topliss-reactive ketones (excluding diaryl/α,β-unsaturated/α-hetero) is 1. The van der Waals surface area contributed by atoms with Gasteiger partial charge in [0.05, 0.1) is 23.7 Å². The minimum Gasteiger partial charge on any atom is -0.296 e. The normalized spacial score (nSPS) is 22.3. The van der Waals surface area contributed by atoms with Gasteiger partial charge in [-0.2, -0.15) is 0 Å². The number of nitrogens with zero attached hydrogens (tertiary/aromatic N) is 2. The van der Waals surface area contributed by atoms with Gasteiger partial charge in [0.25, 0.3) is 0 Å². The van der Waals surface area contributed by atoms with Crippen molar-refractivity contribution >= 4 is 32.7 Å². The smallest absolute Gasteiger partial charge is 0.182 e. The molecular weight excluding hydrogens is 376 g/mol. The fraction of sp³-hybridized carbons (Fsp3) is 0.360. The molecule has 2 saturated carbocycles. The van der Waals surface area contributed by atoms with Gasteiger partial charge in [0.15, 0.2) is 5.78 Å². The first-order valence-corrected chi connectivity index (χ1v) is 11.6. The molecular formula is C25H24N2OS. The molecule has 3 heterocycles. The van der Waals surface area contributed by atoms with Gasteiger partial charge < -0.3 is 0 Å². The van der Waals surface area contributed by atoms with Crippen LogP contribution in [0, 0.1) is 5.92 Å². The van der Waals surface area contributed by atoms with Crippen LogP contribution >= 0.6 is 11.3 Å². The van der Waals surface area contributed by atoms with Crippen molar-refractivity contribution in [2.75, 3.05) is 0 Å². The van der Waals surface area contributed by atoms with Crippen LogP contribution in [0.25, 0.3) is 15.6 Å². The summed E-state index contributed by atoms with van der Waals surface area (Å²) in [6.07, 6.45) is 10.3. The summed E-state index contributed by atoms with van der Waals surface area (Å²) in [6, 6.07) is 13.0. The van der Waals surface area contributed by atoms with E-state index in [0.717, 1.165) is 36.9 Å². The van der Waals surface area contributed by atoms with E-state index < -0.39 is 0 Å². The molecule has 0 N–H and O–H groups in total. The first kappa shape index (κ1) is 17.4. The predicted molar refractivity (Wildman–Crippen MR) is 118 cm³/mol. The SMILES string of the molecule is O=C(c1c(C2CC2)ccc2cncn12)C1CCC(c2csc3ccccc23)CC1. The van der Waals surface area contributed by atoms with Gasteiger partial charge in [0.2, 0.25) is 0 Å². The van der Waals surface area contributed by atoms with Gasteiger partial charge in [-0.15, -0.1) is 11.3 Å². The molecule has 2 aliphatic rings. The summed E-state index contributed by atoms with van der Waals surface area (Å²) in [7, 11) is 0. The molecule has 0 saturated heterocycles. The van der Waals surface area contributed by atoms with Crippen molar-refractivity contribution in [2.24, 2.45) is 5.92 Å². The van der Waals surface area contributed by atoms with Crippen molar-refractivity contribution < 1.29 is 4.79 Å². The summed E-state index contributed by atoms with van der Waals surface area (Å²) in [5, 5.41) is 3.75. The van der Waals surface area contributed by atoms with Crippen LogP contribution in [0.2, 0.25) is 0 Å². The van der Waals surface area contributed by atoms with Gasteiger partial charge in [-0.05, 0) is 84.4 Å². The molecule has 146 valence electrons. The molecule has 0 aliphatic heterocycles. The van der Waals surface area contributed by atoms with E-state index in [2.05, 4.69) is 46.8 Å². The van der Waals surface area contributed by atoms with Gasteiger partial charge in [0, 0.05) is 10.6 Å². The van der Waals surface area contributed by atoms with E-state index in [1.165, 1.54) is 34.1 Å². The lowest BCUT2D eigenvalue weighted by Crippen LogP contribution is -2.24. The number of hydrogen-bond donors (Lipinski definition) is 0. The Hall–Kier alpha value is -2.46. The lowest BCUT2D eigenvalue weighted by atomic mass is 9.76. The maximum absolute atomic E-state index is 13.6. The number of rotatable bonds is 4. The topological polar surface area (TPSA) is 34.4 Å². The third kappa shape index (κ3) is 2.93. The summed E-state index contributed by atoms with van der Waals surface area (Å²) in [4.78, 5) is 17.9. The van der Waals surface area contributed by atoms with Crippen LogP contribution in [0.3, 0.4) is 0 Å². The van der Waals surface area contributed by atoms with Gasteiger partial charge in [-0.3, -0.25) is 9.20 Å². The molecule has 2 aliphatic carbocycles. The maximum atomic E-state index is 13.6. The highest BCUT2D eigenvalue weighted by Crippen LogP contribution is 2.45. The summed E-state index contributed by atoms with van der Waals surface area (Å²) < 4.78 is 3.41. The molecule has 6 rings (SSSR count). The second-order valence-corrected chi connectivity index (χ2v) is 9.61. The van der Waals surface area contributed by atoms with Crippen LogP contribution in [0.4, 0.5) is 0 Å². The summed E-state index contributed by atoms with van der Waals surface area (Å²) in [6.45, 7) is 0. The molecule has 3 nitrogen and oxygen atoms in total. The van der Waals surface area contributed by atoms with Crippen LogP contribution in [0.1, 0.15) is 72.0 Å². The first-order chi connectivity index (χ1) is 14.3. The summed E-state index contributed by atoms with van der Waals surface area (Å²) in [5.74, 6) is 1.63.